The summed E-state index contributed by atoms with van der Waals surface area (Å²) < 4.78 is 55.4. The first-order valence-corrected chi connectivity index (χ1v) is 12.4. The molecule has 152 valence electrons. The normalized spacial score (nSPS) is 16.0. The molecule has 0 radical (unpaired) electrons. The summed E-state index contributed by atoms with van der Waals surface area (Å²) in [6.07, 6.45) is 2.71. The van der Waals surface area contributed by atoms with Gasteiger partial charge in [-0.25, -0.2) is 16.8 Å². The number of benzene rings is 3. The molecule has 0 saturated carbocycles. The predicted molar refractivity (Wildman–Crippen MR) is 114 cm³/mol. The maximum Gasteiger partial charge on any atom is 0.261 e. The van der Waals surface area contributed by atoms with E-state index in [1.165, 1.54) is 16.4 Å². The molecule has 0 bridgehead atoms. The molecule has 1 N–H and O–H groups in total. The number of anilines is 1. The summed E-state index contributed by atoms with van der Waals surface area (Å²) in [6, 6.07) is 18.4. The Bertz CT molecular complexity index is 1250. The first-order valence-electron chi connectivity index (χ1n) is 9.48. The van der Waals surface area contributed by atoms with E-state index in [2.05, 4.69) is 4.72 Å². The van der Waals surface area contributed by atoms with Crippen LogP contribution in [-0.2, 0) is 20.0 Å². The average molecular weight is 431 g/mol. The zero-order valence-electron chi connectivity index (χ0n) is 15.8. The van der Waals surface area contributed by atoms with Gasteiger partial charge in [-0.15, -0.1) is 0 Å². The summed E-state index contributed by atoms with van der Waals surface area (Å²) >= 11 is 0. The molecule has 8 heteroatoms. The lowest BCUT2D eigenvalue weighted by Crippen LogP contribution is -2.35. The van der Waals surface area contributed by atoms with Gasteiger partial charge in [0, 0.05) is 13.1 Å². The lowest BCUT2D eigenvalue weighted by Gasteiger charge is -2.26. The lowest BCUT2D eigenvalue weighted by molar-refractivity contribution is 0.346. The Balaban J connectivity index is 1.62. The molecule has 1 fully saturated rings. The van der Waals surface area contributed by atoms with E-state index in [0.29, 0.717) is 13.1 Å². The lowest BCUT2D eigenvalue weighted by atomic mass is 10.1. The highest BCUT2D eigenvalue weighted by Gasteiger charge is 2.26. The Morgan fingerprint density at radius 3 is 2.17 bits per heavy atom. The van der Waals surface area contributed by atoms with E-state index in [-0.39, 0.29) is 15.5 Å². The van der Waals surface area contributed by atoms with Crippen molar-refractivity contribution >= 4 is 36.5 Å². The van der Waals surface area contributed by atoms with Gasteiger partial charge in [-0.1, -0.05) is 42.8 Å². The molecule has 0 unspecified atom stereocenters. The Labute approximate surface area is 171 Å². The topological polar surface area (TPSA) is 83.5 Å². The van der Waals surface area contributed by atoms with Crippen LogP contribution in [0.2, 0.25) is 0 Å². The van der Waals surface area contributed by atoms with Crippen LogP contribution in [0.4, 0.5) is 5.69 Å². The molecular weight excluding hydrogens is 408 g/mol. The van der Waals surface area contributed by atoms with E-state index in [1.807, 2.05) is 24.3 Å². The molecule has 0 amide bonds. The Morgan fingerprint density at radius 1 is 0.690 bits per heavy atom. The second kappa shape index (κ2) is 7.78. The van der Waals surface area contributed by atoms with Crippen molar-refractivity contribution in [3.05, 3.63) is 66.7 Å². The summed E-state index contributed by atoms with van der Waals surface area (Å²) in [4.78, 5) is 0.221. The standard InChI is InChI=1S/C21H22N2O4S2/c24-28(25,20-12-11-17-7-2-3-8-18(17)15-20)22-19-9-6-10-21(16-19)29(26,27)23-13-4-1-5-14-23/h2-3,6-12,15-16,22H,1,4-5,13-14H2. The molecule has 1 saturated heterocycles. The molecule has 0 spiro atoms. The van der Waals surface area contributed by atoms with Crippen LogP contribution in [0.1, 0.15) is 19.3 Å². The molecular formula is C21H22N2O4S2. The highest BCUT2D eigenvalue weighted by molar-refractivity contribution is 7.92. The minimum atomic E-state index is -3.85. The molecule has 6 nitrogen and oxygen atoms in total. The molecule has 4 rings (SSSR count). The second-order valence-corrected chi connectivity index (χ2v) is 10.7. The summed E-state index contributed by atoms with van der Waals surface area (Å²) in [7, 11) is -7.49. The number of nitrogens with one attached hydrogen (secondary N) is 1. The minimum absolute atomic E-state index is 0.0955. The average Bonchev–Trinajstić information content (AvgIpc) is 2.74. The number of rotatable bonds is 5. The van der Waals surface area contributed by atoms with Gasteiger partial charge >= 0.3 is 0 Å². The minimum Gasteiger partial charge on any atom is -0.280 e. The van der Waals surface area contributed by atoms with Crippen LogP contribution in [0.3, 0.4) is 0 Å². The fourth-order valence-corrected chi connectivity index (χ4v) is 6.17. The fraction of sp³-hybridized carbons (Fsp3) is 0.238. The van der Waals surface area contributed by atoms with Gasteiger partial charge in [0.15, 0.2) is 0 Å². The van der Waals surface area contributed by atoms with E-state index in [4.69, 9.17) is 0 Å². The third kappa shape index (κ3) is 4.14. The Hall–Kier alpha value is -2.42. The van der Waals surface area contributed by atoms with E-state index in [0.717, 1.165) is 30.0 Å². The molecule has 1 aliphatic rings. The summed E-state index contributed by atoms with van der Waals surface area (Å²) in [6.45, 7) is 0.991. The maximum absolute atomic E-state index is 12.9. The van der Waals surface area contributed by atoms with Crippen molar-refractivity contribution in [2.24, 2.45) is 0 Å². The molecule has 0 atom stereocenters. The van der Waals surface area contributed by atoms with Crippen molar-refractivity contribution in [2.45, 2.75) is 29.1 Å². The monoisotopic (exact) mass is 430 g/mol. The van der Waals surface area contributed by atoms with Gasteiger partial charge in [-0.05, 0) is 53.9 Å². The number of hydrogen-bond donors (Lipinski definition) is 1. The number of fused-ring (bicyclic) bond motifs is 1. The first-order chi connectivity index (χ1) is 13.9. The van der Waals surface area contributed by atoms with E-state index in [1.54, 1.807) is 30.3 Å². The summed E-state index contributed by atoms with van der Waals surface area (Å²) in [5.41, 5.74) is 0.219. The van der Waals surface area contributed by atoms with E-state index >= 15 is 0 Å². The number of piperidine rings is 1. The Kier molecular flexibility index (Phi) is 5.33. The number of hydrogen-bond acceptors (Lipinski definition) is 4. The summed E-state index contributed by atoms with van der Waals surface area (Å²) in [5, 5.41) is 1.76. The van der Waals surface area contributed by atoms with Gasteiger partial charge in [0.25, 0.3) is 10.0 Å². The quantitative estimate of drug-likeness (QED) is 0.667. The molecule has 1 heterocycles. The van der Waals surface area contributed by atoms with Gasteiger partial charge in [0.05, 0.1) is 15.5 Å². The van der Waals surface area contributed by atoms with Crippen LogP contribution in [0.5, 0.6) is 0 Å². The third-order valence-corrected chi connectivity index (χ3v) is 8.34. The Morgan fingerprint density at radius 2 is 1.41 bits per heavy atom. The predicted octanol–water partition coefficient (Wildman–Crippen LogP) is 3.82. The first kappa shape index (κ1) is 19.9. The number of sulfonamides is 2. The SMILES string of the molecule is O=S(=O)(Nc1cccc(S(=O)(=O)N2CCCCC2)c1)c1ccc2ccccc2c1. The molecule has 29 heavy (non-hydrogen) atoms. The fourth-order valence-electron chi connectivity index (χ4n) is 3.52. The molecule has 3 aromatic carbocycles. The second-order valence-electron chi connectivity index (χ2n) is 7.11. The molecule has 3 aromatic rings. The van der Waals surface area contributed by atoms with Gasteiger partial charge in [0.2, 0.25) is 10.0 Å². The van der Waals surface area contributed by atoms with Crippen LogP contribution in [-0.4, -0.2) is 34.2 Å². The van der Waals surface area contributed by atoms with Gasteiger partial charge in [-0.2, -0.15) is 4.31 Å². The highest BCUT2D eigenvalue weighted by Crippen LogP contribution is 2.25. The third-order valence-electron chi connectivity index (χ3n) is 5.07. The van der Waals surface area contributed by atoms with Crippen LogP contribution < -0.4 is 4.72 Å². The van der Waals surface area contributed by atoms with Crippen molar-refractivity contribution in [3.8, 4) is 0 Å². The van der Waals surface area contributed by atoms with Crippen molar-refractivity contribution in [1.82, 2.24) is 4.31 Å². The van der Waals surface area contributed by atoms with Crippen molar-refractivity contribution < 1.29 is 16.8 Å². The zero-order chi connectivity index (χ0) is 20.5. The van der Waals surface area contributed by atoms with Gasteiger partial charge < -0.3 is 0 Å². The molecule has 1 aliphatic heterocycles. The van der Waals surface area contributed by atoms with Crippen LogP contribution in [0, 0.1) is 0 Å². The smallest absolute Gasteiger partial charge is 0.261 e. The van der Waals surface area contributed by atoms with Crippen molar-refractivity contribution in [3.63, 3.8) is 0 Å². The van der Waals surface area contributed by atoms with E-state index in [9.17, 15) is 16.8 Å². The van der Waals surface area contributed by atoms with Crippen LogP contribution >= 0.6 is 0 Å². The van der Waals surface area contributed by atoms with Crippen molar-refractivity contribution in [2.75, 3.05) is 17.8 Å². The van der Waals surface area contributed by atoms with Crippen molar-refractivity contribution in [1.29, 1.82) is 0 Å². The zero-order valence-corrected chi connectivity index (χ0v) is 17.4. The summed E-state index contributed by atoms with van der Waals surface area (Å²) in [5.74, 6) is 0. The van der Waals surface area contributed by atoms with Gasteiger partial charge in [0.1, 0.15) is 0 Å². The molecule has 0 aliphatic carbocycles. The van der Waals surface area contributed by atoms with Crippen LogP contribution in [0.15, 0.2) is 76.5 Å². The number of nitrogens with zero attached hydrogens (tertiary/aromatic N) is 1. The highest BCUT2D eigenvalue weighted by atomic mass is 32.2. The maximum atomic E-state index is 12.9. The largest absolute Gasteiger partial charge is 0.280 e. The van der Waals surface area contributed by atoms with Gasteiger partial charge in [-0.3, -0.25) is 4.72 Å². The van der Waals surface area contributed by atoms with Crippen LogP contribution in [0.25, 0.3) is 10.8 Å². The molecule has 0 aromatic heterocycles. The van der Waals surface area contributed by atoms with E-state index < -0.39 is 20.0 Å².